The zero-order valence-electron chi connectivity index (χ0n) is 13.6. The van der Waals surface area contributed by atoms with E-state index in [9.17, 15) is 17.6 Å². The van der Waals surface area contributed by atoms with Crippen molar-refractivity contribution in [2.24, 2.45) is 5.92 Å². The third-order valence-electron chi connectivity index (χ3n) is 3.86. The molecule has 0 aliphatic heterocycles. The fraction of sp³-hybridized carbons (Fsp3) is 0.263. The van der Waals surface area contributed by atoms with Gasteiger partial charge in [-0.05, 0) is 54.2 Å². The number of halogens is 4. The van der Waals surface area contributed by atoms with Crippen LogP contribution >= 0.6 is 0 Å². The standard InChI is InChI=1S/C19H16F4O3/c20-14-7-13(8-15(21)18(14)24)4-1-11-5-6-16(26-19(22)23)17(9-11)25-10-12-2-3-12/h1,4-9,12,19,24H,2-3,10H2/b4-1+. The van der Waals surface area contributed by atoms with Crippen molar-refractivity contribution < 1.29 is 32.1 Å². The van der Waals surface area contributed by atoms with Crippen molar-refractivity contribution in [2.75, 3.05) is 6.61 Å². The van der Waals surface area contributed by atoms with Gasteiger partial charge in [-0.15, -0.1) is 0 Å². The molecular formula is C19H16F4O3. The van der Waals surface area contributed by atoms with Gasteiger partial charge in [0.05, 0.1) is 6.61 Å². The number of ether oxygens (including phenoxy) is 2. The number of aromatic hydroxyl groups is 1. The van der Waals surface area contributed by atoms with Crippen molar-refractivity contribution in [3.8, 4) is 17.2 Å². The number of hydrogen-bond acceptors (Lipinski definition) is 3. The quantitative estimate of drug-likeness (QED) is 0.537. The van der Waals surface area contributed by atoms with E-state index in [1.165, 1.54) is 24.3 Å². The predicted molar refractivity (Wildman–Crippen MR) is 88.2 cm³/mol. The molecule has 0 bridgehead atoms. The Bertz CT molecular complexity index is 793. The largest absolute Gasteiger partial charge is 0.503 e. The van der Waals surface area contributed by atoms with Crippen molar-refractivity contribution in [2.45, 2.75) is 19.5 Å². The second-order valence-corrected chi connectivity index (χ2v) is 6.01. The Morgan fingerprint density at radius 3 is 2.27 bits per heavy atom. The molecule has 1 aliphatic carbocycles. The van der Waals surface area contributed by atoms with Gasteiger partial charge in [-0.1, -0.05) is 18.2 Å². The van der Waals surface area contributed by atoms with Crippen LogP contribution in [0.1, 0.15) is 24.0 Å². The van der Waals surface area contributed by atoms with Crippen LogP contribution in [-0.4, -0.2) is 18.3 Å². The van der Waals surface area contributed by atoms with E-state index in [1.54, 1.807) is 6.08 Å². The fourth-order valence-electron chi connectivity index (χ4n) is 2.30. The van der Waals surface area contributed by atoms with Gasteiger partial charge in [0.25, 0.3) is 0 Å². The van der Waals surface area contributed by atoms with Gasteiger partial charge in [0.15, 0.2) is 28.9 Å². The molecule has 138 valence electrons. The molecule has 3 rings (SSSR count). The average molecular weight is 368 g/mol. The number of benzene rings is 2. The molecule has 0 aromatic heterocycles. The van der Waals surface area contributed by atoms with Gasteiger partial charge in [-0.25, -0.2) is 8.78 Å². The van der Waals surface area contributed by atoms with Crippen molar-refractivity contribution in [1.82, 2.24) is 0 Å². The second kappa shape index (κ2) is 7.68. The van der Waals surface area contributed by atoms with Crippen molar-refractivity contribution in [3.63, 3.8) is 0 Å². The van der Waals surface area contributed by atoms with Crippen LogP contribution in [0.2, 0.25) is 0 Å². The predicted octanol–water partition coefficient (Wildman–Crippen LogP) is 5.23. The molecule has 7 heteroatoms. The molecule has 1 fully saturated rings. The van der Waals surface area contributed by atoms with Crippen molar-refractivity contribution in [1.29, 1.82) is 0 Å². The van der Waals surface area contributed by atoms with Crippen LogP contribution in [0.3, 0.4) is 0 Å². The van der Waals surface area contributed by atoms with Crippen LogP contribution in [0.15, 0.2) is 30.3 Å². The first kappa shape index (κ1) is 18.1. The number of alkyl halides is 2. The Morgan fingerprint density at radius 1 is 1.00 bits per heavy atom. The minimum Gasteiger partial charge on any atom is -0.503 e. The lowest BCUT2D eigenvalue weighted by Gasteiger charge is -2.12. The molecule has 1 aliphatic rings. The number of rotatable bonds is 7. The van der Waals surface area contributed by atoms with Gasteiger partial charge in [0, 0.05) is 0 Å². The fourth-order valence-corrected chi connectivity index (χ4v) is 2.30. The summed E-state index contributed by atoms with van der Waals surface area (Å²) >= 11 is 0. The van der Waals surface area contributed by atoms with E-state index in [0.29, 0.717) is 18.1 Å². The SMILES string of the molecule is Oc1c(F)cc(/C=C/c2ccc(OC(F)F)c(OCC3CC3)c2)cc1F. The van der Waals surface area contributed by atoms with Gasteiger partial charge < -0.3 is 14.6 Å². The molecule has 0 unspecified atom stereocenters. The molecule has 0 radical (unpaired) electrons. The smallest absolute Gasteiger partial charge is 0.387 e. The summed E-state index contributed by atoms with van der Waals surface area (Å²) in [4.78, 5) is 0. The van der Waals surface area contributed by atoms with Crippen LogP contribution in [0, 0.1) is 17.6 Å². The van der Waals surface area contributed by atoms with Crippen LogP contribution in [0.4, 0.5) is 17.6 Å². The van der Waals surface area contributed by atoms with Gasteiger partial charge in [-0.2, -0.15) is 8.78 Å². The topological polar surface area (TPSA) is 38.7 Å². The highest BCUT2D eigenvalue weighted by Gasteiger charge is 2.23. The Morgan fingerprint density at radius 2 is 1.65 bits per heavy atom. The minimum absolute atomic E-state index is 0.0699. The van der Waals surface area contributed by atoms with Gasteiger partial charge >= 0.3 is 6.61 Å². The maximum absolute atomic E-state index is 13.4. The molecular weight excluding hydrogens is 352 g/mol. The molecule has 0 saturated heterocycles. The van der Waals surface area contributed by atoms with E-state index in [0.717, 1.165) is 25.0 Å². The summed E-state index contributed by atoms with van der Waals surface area (Å²) in [7, 11) is 0. The van der Waals surface area contributed by atoms with Crippen molar-refractivity contribution >= 4 is 12.2 Å². The molecule has 2 aromatic carbocycles. The zero-order valence-corrected chi connectivity index (χ0v) is 13.6. The van der Waals surface area contributed by atoms with Crippen LogP contribution in [0.25, 0.3) is 12.2 Å². The first-order valence-corrected chi connectivity index (χ1v) is 8.00. The Labute approximate surface area is 147 Å². The highest BCUT2D eigenvalue weighted by molar-refractivity contribution is 5.71. The van der Waals surface area contributed by atoms with Crippen molar-refractivity contribution in [3.05, 3.63) is 53.1 Å². The molecule has 3 nitrogen and oxygen atoms in total. The van der Waals surface area contributed by atoms with E-state index in [-0.39, 0.29) is 17.1 Å². The summed E-state index contributed by atoms with van der Waals surface area (Å²) in [6.07, 6.45) is 5.06. The summed E-state index contributed by atoms with van der Waals surface area (Å²) in [5.74, 6) is -2.64. The van der Waals surface area contributed by atoms with Crippen LogP contribution in [-0.2, 0) is 0 Å². The molecule has 1 saturated carbocycles. The normalized spacial score (nSPS) is 14.2. The highest BCUT2D eigenvalue weighted by Crippen LogP contribution is 2.34. The summed E-state index contributed by atoms with van der Waals surface area (Å²) < 4.78 is 61.7. The summed E-state index contributed by atoms with van der Waals surface area (Å²) in [5, 5.41) is 9.10. The first-order chi connectivity index (χ1) is 12.4. The highest BCUT2D eigenvalue weighted by atomic mass is 19.3. The van der Waals surface area contributed by atoms with E-state index in [1.807, 2.05) is 0 Å². The number of hydrogen-bond donors (Lipinski definition) is 1. The Hall–Kier alpha value is -2.70. The average Bonchev–Trinajstić information content (AvgIpc) is 3.41. The monoisotopic (exact) mass is 368 g/mol. The number of phenols is 1. The zero-order chi connectivity index (χ0) is 18.7. The summed E-state index contributed by atoms with van der Waals surface area (Å²) in [5.41, 5.74) is 0.775. The van der Waals surface area contributed by atoms with E-state index in [2.05, 4.69) is 4.74 Å². The molecule has 0 amide bonds. The summed E-state index contributed by atoms with van der Waals surface area (Å²) in [6, 6.07) is 6.35. The third kappa shape index (κ3) is 4.68. The molecule has 2 aromatic rings. The molecule has 26 heavy (non-hydrogen) atoms. The first-order valence-electron chi connectivity index (χ1n) is 8.00. The molecule has 0 atom stereocenters. The second-order valence-electron chi connectivity index (χ2n) is 6.01. The summed E-state index contributed by atoms with van der Waals surface area (Å²) in [6.45, 7) is -2.55. The minimum atomic E-state index is -2.97. The van der Waals surface area contributed by atoms with Crippen LogP contribution < -0.4 is 9.47 Å². The van der Waals surface area contributed by atoms with E-state index in [4.69, 9.17) is 9.84 Å². The van der Waals surface area contributed by atoms with E-state index >= 15 is 0 Å². The number of phenolic OH excluding ortho intramolecular Hbond substituents is 1. The molecule has 0 heterocycles. The lowest BCUT2D eigenvalue weighted by molar-refractivity contribution is -0.0515. The van der Waals surface area contributed by atoms with Gasteiger partial charge in [0.1, 0.15) is 0 Å². The maximum Gasteiger partial charge on any atom is 0.387 e. The molecule has 0 spiro atoms. The lowest BCUT2D eigenvalue weighted by Crippen LogP contribution is -2.06. The van der Waals surface area contributed by atoms with Gasteiger partial charge in [0.2, 0.25) is 0 Å². The van der Waals surface area contributed by atoms with E-state index < -0.39 is 24.0 Å². The molecule has 1 N–H and O–H groups in total. The Kier molecular flexibility index (Phi) is 5.35. The lowest BCUT2D eigenvalue weighted by atomic mass is 10.1. The maximum atomic E-state index is 13.4. The third-order valence-corrected chi connectivity index (χ3v) is 3.86. The van der Waals surface area contributed by atoms with Gasteiger partial charge in [-0.3, -0.25) is 0 Å². The van der Waals surface area contributed by atoms with Crippen LogP contribution in [0.5, 0.6) is 17.2 Å². The Balaban J connectivity index is 1.81.